The zero-order valence-corrected chi connectivity index (χ0v) is 15.3. The molecule has 132 valence electrons. The van der Waals surface area contributed by atoms with Crippen molar-refractivity contribution in [1.29, 1.82) is 5.26 Å². The second-order valence-corrected chi connectivity index (χ2v) is 7.15. The fraction of sp³-hybridized carbons (Fsp3) is 0.526. The zero-order chi connectivity index (χ0) is 17.8. The molecule has 1 atom stereocenters. The summed E-state index contributed by atoms with van der Waals surface area (Å²) in [5.41, 5.74) is 1.97. The lowest BCUT2D eigenvalue weighted by Crippen LogP contribution is -2.34. The van der Waals surface area contributed by atoms with E-state index in [1.807, 2.05) is 26.2 Å². The van der Waals surface area contributed by atoms with Crippen molar-refractivity contribution in [2.45, 2.75) is 31.8 Å². The van der Waals surface area contributed by atoms with Crippen LogP contribution in [-0.4, -0.2) is 51.7 Å². The van der Waals surface area contributed by atoms with Crippen LogP contribution in [0.2, 0.25) is 0 Å². The van der Waals surface area contributed by atoms with Crippen LogP contribution in [0.5, 0.6) is 0 Å². The van der Waals surface area contributed by atoms with Crippen molar-refractivity contribution >= 4 is 0 Å². The average Bonchev–Trinajstić information content (AvgIpc) is 2.96. The van der Waals surface area contributed by atoms with Gasteiger partial charge in [-0.2, -0.15) is 5.26 Å². The van der Waals surface area contributed by atoms with Gasteiger partial charge in [-0.1, -0.05) is 12.1 Å². The van der Waals surface area contributed by atoms with Gasteiger partial charge >= 0.3 is 0 Å². The summed E-state index contributed by atoms with van der Waals surface area (Å²) in [5, 5.41) is 17.8. The molecule has 0 radical (unpaired) electrons. The molecule has 0 saturated carbocycles. The minimum absolute atomic E-state index is 0.431. The summed E-state index contributed by atoms with van der Waals surface area (Å²) in [6.45, 7) is 3.85. The van der Waals surface area contributed by atoms with Gasteiger partial charge in [-0.15, -0.1) is 10.2 Å². The van der Waals surface area contributed by atoms with Gasteiger partial charge in [0, 0.05) is 26.1 Å². The van der Waals surface area contributed by atoms with Crippen LogP contribution in [0.15, 0.2) is 24.3 Å². The standard InChI is InChI=1S/C19H26N6/c1-23(2)14-18-21-22-19(24(18)3)17-5-4-10-25(13-17)12-16-8-6-15(11-20)7-9-16/h6-9,17H,4-5,10,12-14H2,1-3H3/t17-/m0/s1. The first kappa shape index (κ1) is 17.6. The monoisotopic (exact) mass is 338 g/mol. The van der Waals surface area contributed by atoms with Gasteiger partial charge < -0.3 is 9.47 Å². The summed E-state index contributed by atoms with van der Waals surface area (Å²) in [6.07, 6.45) is 2.34. The number of likely N-dealkylation sites (tertiary alicyclic amines) is 1. The minimum Gasteiger partial charge on any atom is -0.317 e. The quantitative estimate of drug-likeness (QED) is 0.836. The van der Waals surface area contributed by atoms with Gasteiger partial charge in [0.15, 0.2) is 0 Å². The molecule has 0 unspecified atom stereocenters. The van der Waals surface area contributed by atoms with Crippen molar-refractivity contribution in [2.24, 2.45) is 7.05 Å². The largest absolute Gasteiger partial charge is 0.317 e. The van der Waals surface area contributed by atoms with Gasteiger partial charge in [-0.3, -0.25) is 4.90 Å². The molecule has 0 N–H and O–H groups in total. The van der Waals surface area contributed by atoms with Gasteiger partial charge in [0.1, 0.15) is 11.6 Å². The second kappa shape index (κ2) is 7.77. The summed E-state index contributed by atoms with van der Waals surface area (Å²) in [6, 6.07) is 10.1. The molecule has 0 spiro atoms. The summed E-state index contributed by atoms with van der Waals surface area (Å²) in [4.78, 5) is 4.60. The van der Waals surface area contributed by atoms with Crippen LogP contribution < -0.4 is 0 Å². The summed E-state index contributed by atoms with van der Waals surface area (Å²) >= 11 is 0. The van der Waals surface area contributed by atoms with Gasteiger partial charge in [0.2, 0.25) is 0 Å². The normalized spacial score (nSPS) is 18.4. The van der Waals surface area contributed by atoms with Crippen molar-refractivity contribution in [3.8, 4) is 6.07 Å². The smallest absolute Gasteiger partial charge is 0.146 e. The molecule has 2 heterocycles. The predicted octanol–water partition coefficient (Wildman–Crippen LogP) is 2.13. The van der Waals surface area contributed by atoms with Crippen LogP contribution in [0.25, 0.3) is 0 Å². The zero-order valence-electron chi connectivity index (χ0n) is 15.3. The van der Waals surface area contributed by atoms with E-state index in [0.29, 0.717) is 11.5 Å². The Hall–Kier alpha value is -2.23. The maximum absolute atomic E-state index is 8.91. The molecule has 6 nitrogen and oxygen atoms in total. The van der Waals surface area contributed by atoms with E-state index in [9.17, 15) is 0 Å². The van der Waals surface area contributed by atoms with E-state index in [-0.39, 0.29) is 0 Å². The highest BCUT2D eigenvalue weighted by Gasteiger charge is 2.26. The lowest BCUT2D eigenvalue weighted by atomic mass is 9.96. The Kier molecular flexibility index (Phi) is 5.47. The fourth-order valence-electron chi connectivity index (χ4n) is 3.50. The van der Waals surface area contributed by atoms with Crippen LogP contribution in [0.1, 0.15) is 41.5 Å². The number of piperidine rings is 1. The lowest BCUT2D eigenvalue weighted by molar-refractivity contribution is 0.195. The number of benzene rings is 1. The van der Waals surface area contributed by atoms with Gasteiger partial charge in [0.05, 0.1) is 18.2 Å². The topological polar surface area (TPSA) is 61.0 Å². The Balaban J connectivity index is 1.66. The minimum atomic E-state index is 0.431. The third kappa shape index (κ3) is 4.25. The molecule has 1 fully saturated rings. The third-order valence-corrected chi connectivity index (χ3v) is 4.82. The van der Waals surface area contributed by atoms with E-state index in [0.717, 1.165) is 44.2 Å². The van der Waals surface area contributed by atoms with Crippen molar-refractivity contribution in [3.63, 3.8) is 0 Å². The maximum Gasteiger partial charge on any atom is 0.146 e. The highest BCUT2D eigenvalue weighted by Crippen LogP contribution is 2.27. The fourth-order valence-corrected chi connectivity index (χ4v) is 3.50. The number of aromatic nitrogens is 3. The number of hydrogen-bond donors (Lipinski definition) is 0. The highest BCUT2D eigenvalue weighted by atomic mass is 15.3. The van der Waals surface area contributed by atoms with Crippen molar-refractivity contribution < 1.29 is 0 Å². The van der Waals surface area contributed by atoms with E-state index in [4.69, 9.17) is 5.26 Å². The molecule has 25 heavy (non-hydrogen) atoms. The molecule has 1 aliphatic heterocycles. The van der Waals surface area contributed by atoms with Gasteiger partial charge in [-0.25, -0.2) is 0 Å². The SMILES string of the molecule is CN(C)Cc1nnc([C@H]2CCCN(Cc3ccc(C#N)cc3)C2)n1C. The first-order valence-corrected chi connectivity index (χ1v) is 8.81. The first-order valence-electron chi connectivity index (χ1n) is 8.81. The Morgan fingerprint density at radius 3 is 2.68 bits per heavy atom. The van der Waals surface area contributed by atoms with Crippen LogP contribution in [0, 0.1) is 11.3 Å². The summed E-state index contributed by atoms with van der Waals surface area (Å²) in [5.74, 6) is 2.55. The van der Waals surface area contributed by atoms with Crippen LogP contribution >= 0.6 is 0 Å². The van der Waals surface area contributed by atoms with Crippen LogP contribution in [0.4, 0.5) is 0 Å². The van der Waals surface area contributed by atoms with E-state index in [1.54, 1.807) is 0 Å². The molecule has 0 amide bonds. The Labute approximate surface area is 149 Å². The van der Waals surface area contributed by atoms with Crippen LogP contribution in [-0.2, 0) is 20.1 Å². The molecule has 1 aromatic heterocycles. The molecule has 1 aromatic carbocycles. The second-order valence-electron chi connectivity index (χ2n) is 7.15. The maximum atomic E-state index is 8.91. The van der Waals surface area contributed by atoms with Crippen molar-refractivity contribution in [3.05, 3.63) is 47.0 Å². The molecule has 0 bridgehead atoms. The molecular weight excluding hydrogens is 312 g/mol. The van der Waals surface area contributed by atoms with Crippen molar-refractivity contribution in [2.75, 3.05) is 27.2 Å². The van der Waals surface area contributed by atoms with E-state index in [1.165, 1.54) is 12.0 Å². The molecule has 2 aromatic rings. The first-order chi connectivity index (χ1) is 12.1. The number of hydrogen-bond acceptors (Lipinski definition) is 5. The Morgan fingerprint density at radius 2 is 2.00 bits per heavy atom. The van der Waals surface area contributed by atoms with E-state index in [2.05, 4.69) is 49.8 Å². The molecular formula is C19H26N6. The highest BCUT2D eigenvalue weighted by molar-refractivity contribution is 5.31. The van der Waals surface area contributed by atoms with Crippen LogP contribution in [0.3, 0.4) is 0 Å². The number of nitriles is 1. The average molecular weight is 338 g/mol. The molecule has 1 saturated heterocycles. The number of nitrogens with zero attached hydrogens (tertiary/aromatic N) is 6. The Bertz CT molecular complexity index is 740. The van der Waals surface area contributed by atoms with Gasteiger partial charge in [0.25, 0.3) is 0 Å². The molecule has 3 rings (SSSR count). The summed E-state index contributed by atoms with van der Waals surface area (Å²) in [7, 11) is 6.18. The third-order valence-electron chi connectivity index (χ3n) is 4.82. The van der Waals surface area contributed by atoms with E-state index < -0.39 is 0 Å². The predicted molar refractivity (Wildman–Crippen MR) is 96.8 cm³/mol. The van der Waals surface area contributed by atoms with Crippen molar-refractivity contribution in [1.82, 2.24) is 24.6 Å². The molecule has 0 aliphatic carbocycles. The lowest BCUT2D eigenvalue weighted by Gasteiger charge is -2.32. The van der Waals surface area contributed by atoms with E-state index >= 15 is 0 Å². The number of rotatable bonds is 5. The molecule has 6 heteroatoms. The Morgan fingerprint density at radius 1 is 1.24 bits per heavy atom. The summed E-state index contributed by atoms with van der Waals surface area (Å²) < 4.78 is 2.16. The molecule has 1 aliphatic rings. The van der Waals surface area contributed by atoms with Gasteiger partial charge in [-0.05, 0) is 51.2 Å².